The molecule has 23 heavy (non-hydrogen) atoms. The van der Waals surface area contributed by atoms with Crippen LogP contribution in [0.3, 0.4) is 0 Å². The van der Waals surface area contributed by atoms with Gasteiger partial charge in [-0.2, -0.15) is 0 Å². The number of allylic oxidation sites excluding steroid dienone is 1. The summed E-state index contributed by atoms with van der Waals surface area (Å²) in [4.78, 5) is 5.12. The van der Waals surface area contributed by atoms with Gasteiger partial charge in [-0.15, -0.1) is 0 Å². The molecule has 2 heterocycles. The van der Waals surface area contributed by atoms with E-state index in [0.29, 0.717) is 16.5 Å². The predicted molar refractivity (Wildman–Crippen MR) is 90.6 cm³/mol. The first-order chi connectivity index (χ1) is 11.0. The Labute approximate surface area is 146 Å². The van der Waals surface area contributed by atoms with Gasteiger partial charge in [-0.3, -0.25) is 10.3 Å². The normalized spacial score (nSPS) is 32.0. The molecule has 0 aromatic heterocycles. The number of hydrogen-bond donors (Lipinski definition) is 2. The summed E-state index contributed by atoms with van der Waals surface area (Å²) in [7, 11) is 1.59. The Kier molecular flexibility index (Phi) is 5.19. The van der Waals surface area contributed by atoms with Crippen LogP contribution in [0.5, 0.6) is 0 Å². The molecule has 2 fully saturated rings. The lowest BCUT2D eigenvalue weighted by Crippen LogP contribution is -2.34. The van der Waals surface area contributed by atoms with Crippen LogP contribution in [0.1, 0.15) is 37.7 Å². The number of fused-ring (bicyclic) bond motifs is 2. The molecule has 2 aliphatic rings. The molecule has 0 amide bonds. The Hall–Kier alpha value is -0.780. The highest BCUT2D eigenvalue weighted by molar-refractivity contribution is 6.42. The number of benzene rings is 1. The summed E-state index contributed by atoms with van der Waals surface area (Å²) in [6.45, 7) is 2.05. The molecule has 0 saturated carbocycles. The lowest BCUT2D eigenvalue weighted by Gasteiger charge is -2.34. The van der Waals surface area contributed by atoms with E-state index in [1.54, 1.807) is 7.11 Å². The van der Waals surface area contributed by atoms with Gasteiger partial charge in [-0.25, -0.2) is 0 Å². The van der Waals surface area contributed by atoms with Crippen LogP contribution >= 0.6 is 23.2 Å². The van der Waals surface area contributed by atoms with E-state index >= 15 is 0 Å². The van der Waals surface area contributed by atoms with Crippen molar-refractivity contribution in [3.05, 3.63) is 45.1 Å². The second-order valence-corrected chi connectivity index (χ2v) is 6.85. The smallest absolute Gasteiger partial charge is 0.107 e. The first-order valence-corrected chi connectivity index (χ1v) is 8.61. The molecule has 3 rings (SSSR count). The molecule has 2 unspecified atom stereocenters. The average molecular weight is 358 g/mol. The van der Waals surface area contributed by atoms with Crippen LogP contribution < -0.4 is 5.48 Å². The summed E-state index contributed by atoms with van der Waals surface area (Å²) in [6, 6.07) is 5.72. The van der Waals surface area contributed by atoms with Crippen molar-refractivity contribution in [1.29, 1.82) is 0 Å². The van der Waals surface area contributed by atoms with Crippen LogP contribution in [-0.4, -0.2) is 30.5 Å². The number of rotatable bonds is 4. The van der Waals surface area contributed by atoms with Gasteiger partial charge >= 0.3 is 0 Å². The molecule has 126 valence electrons. The molecule has 2 N–H and O–H groups in total. The van der Waals surface area contributed by atoms with Crippen molar-refractivity contribution < 1.29 is 14.7 Å². The molecule has 0 spiro atoms. The van der Waals surface area contributed by atoms with Crippen molar-refractivity contribution in [2.24, 2.45) is 0 Å². The molecule has 6 heteroatoms. The molecule has 1 aromatic carbocycles. The zero-order chi connectivity index (χ0) is 16.6. The Morgan fingerprint density at radius 3 is 2.78 bits per heavy atom. The fourth-order valence-electron chi connectivity index (χ4n) is 3.65. The number of hydrogen-bond acceptors (Lipinski definition) is 4. The lowest BCUT2D eigenvalue weighted by molar-refractivity contribution is 0.000902. The summed E-state index contributed by atoms with van der Waals surface area (Å²) in [6.07, 6.45) is 1.52. The highest BCUT2D eigenvalue weighted by atomic mass is 35.5. The van der Waals surface area contributed by atoms with Crippen LogP contribution in [0.4, 0.5) is 0 Å². The van der Waals surface area contributed by atoms with Crippen molar-refractivity contribution in [3.8, 4) is 0 Å². The minimum atomic E-state index is -0.483. The summed E-state index contributed by atoms with van der Waals surface area (Å²) in [5.41, 5.74) is 6.05. The van der Waals surface area contributed by atoms with Gasteiger partial charge in [0.15, 0.2) is 0 Å². The maximum atomic E-state index is 10.4. The monoisotopic (exact) mass is 357 g/mol. The highest BCUT2D eigenvalue weighted by Gasteiger charge is 2.46. The SMILES string of the molecule is CCC(NOC)=C1[C@H]2OC(CC2O)C[C@@H]1c1ccc(Cl)c(Cl)c1. The number of ether oxygens (including phenoxy) is 1. The fraction of sp³-hybridized carbons (Fsp3) is 0.529. The third kappa shape index (κ3) is 3.24. The van der Waals surface area contributed by atoms with Gasteiger partial charge in [-0.1, -0.05) is 36.2 Å². The topological polar surface area (TPSA) is 50.7 Å². The number of aliphatic hydroxyl groups is 1. The molecule has 2 aliphatic heterocycles. The molecule has 1 aromatic rings. The van der Waals surface area contributed by atoms with E-state index in [-0.39, 0.29) is 18.1 Å². The molecule has 2 bridgehead atoms. The second-order valence-electron chi connectivity index (χ2n) is 6.04. The maximum Gasteiger partial charge on any atom is 0.107 e. The van der Waals surface area contributed by atoms with Crippen LogP contribution in [-0.2, 0) is 9.57 Å². The number of aliphatic hydroxyl groups excluding tert-OH is 1. The summed E-state index contributed by atoms with van der Waals surface area (Å²) in [5, 5.41) is 11.5. The van der Waals surface area contributed by atoms with Crippen LogP contribution in [0.2, 0.25) is 10.0 Å². The van der Waals surface area contributed by atoms with E-state index in [2.05, 4.69) is 5.48 Å². The summed E-state index contributed by atoms with van der Waals surface area (Å²) in [5.74, 6) is 0.128. The molecule has 4 nitrogen and oxygen atoms in total. The van der Waals surface area contributed by atoms with Crippen molar-refractivity contribution in [1.82, 2.24) is 5.48 Å². The quantitative estimate of drug-likeness (QED) is 0.804. The maximum absolute atomic E-state index is 10.4. The first-order valence-electron chi connectivity index (χ1n) is 7.85. The number of halogens is 2. The van der Waals surface area contributed by atoms with Gasteiger partial charge < -0.3 is 9.84 Å². The highest BCUT2D eigenvalue weighted by Crippen LogP contribution is 2.47. The lowest BCUT2D eigenvalue weighted by atomic mass is 9.82. The molecular weight excluding hydrogens is 337 g/mol. The molecule has 2 saturated heterocycles. The Morgan fingerprint density at radius 1 is 1.35 bits per heavy atom. The van der Waals surface area contributed by atoms with Gasteiger partial charge in [0, 0.05) is 18.0 Å². The third-order valence-corrected chi connectivity index (χ3v) is 5.39. The largest absolute Gasteiger partial charge is 0.390 e. The van der Waals surface area contributed by atoms with Gasteiger partial charge in [0.1, 0.15) is 6.10 Å². The van der Waals surface area contributed by atoms with Crippen molar-refractivity contribution in [2.45, 2.75) is 50.4 Å². The fourth-order valence-corrected chi connectivity index (χ4v) is 3.96. The van der Waals surface area contributed by atoms with E-state index in [4.69, 9.17) is 32.8 Å². The zero-order valence-electron chi connectivity index (χ0n) is 13.2. The van der Waals surface area contributed by atoms with Gasteiger partial charge in [0.25, 0.3) is 0 Å². The number of nitrogens with one attached hydrogen (secondary N) is 1. The molecule has 0 radical (unpaired) electrons. The molecular formula is C17H21Cl2NO3. The van der Waals surface area contributed by atoms with Crippen LogP contribution in [0.25, 0.3) is 0 Å². The van der Waals surface area contributed by atoms with E-state index in [1.165, 1.54) is 0 Å². The van der Waals surface area contributed by atoms with E-state index in [1.807, 2.05) is 25.1 Å². The second kappa shape index (κ2) is 6.99. The van der Waals surface area contributed by atoms with E-state index in [9.17, 15) is 5.11 Å². The Bertz CT molecular complexity index is 620. The Morgan fingerprint density at radius 2 is 2.13 bits per heavy atom. The first kappa shape index (κ1) is 17.1. The van der Waals surface area contributed by atoms with E-state index < -0.39 is 6.10 Å². The predicted octanol–water partition coefficient (Wildman–Crippen LogP) is 3.81. The molecule has 4 atom stereocenters. The standard InChI is InChI=1S/C17H21Cl2NO3/c1-3-14(20-22-2)16-11(7-10-8-15(21)17(16)23-10)9-4-5-12(18)13(19)6-9/h4-6,10-11,15,17,20-21H,3,7-8H2,1-2H3/t10?,11-,15?,17+/m1/s1. The van der Waals surface area contributed by atoms with Gasteiger partial charge in [0.2, 0.25) is 0 Å². The van der Waals surface area contributed by atoms with Crippen LogP contribution in [0, 0.1) is 0 Å². The zero-order valence-corrected chi connectivity index (χ0v) is 14.7. The van der Waals surface area contributed by atoms with E-state index in [0.717, 1.165) is 29.7 Å². The Balaban J connectivity index is 2.06. The summed E-state index contributed by atoms with van der Waals surface area (Å²) < 4.78 is 5.99. The van der Waals surface area contributed by atoms with Crippen molar-refractivity contribution >= 4 is 23.2 Å². The number of hydroxylamine groups is 1. The van der Waals surface area contributed by atoms with Crippen LogP contribution in [0.15, 0.2) is 29.5 Å². The minimum absolute atomic E-state index is 0.0684. The minimum Gasteiger partial charge on any atom is -0.390 e. The summed E-state index contributed by atoms with van der Waals surface area (Å²) >= 11 is 12.3. The van der Waals surface area contributed by atoms with Crippen molar-refractivity contribution in [2.75, 3.05) is 7.11 Å². The molecule has 0 aliphatic carbocycles. The van der Waals surface area contributed by atoms with Crippen molar-refractivity contribution in [3.63, 3.8) is 0 Å². The average Bonchev–Trinajstić information content (AvgIpc) is 2.83. The van der Waals surface area contributed by atoms with Gasteiger partial charge in [-0.05, 0) is 36.1 Å². The van der Waals surface area contributed by atoms with Gasteiger partial charge in [0.05, 0.1) is 29.4 Å². The third-order valence-electron chi connectivity index (χ3n) is 4.65.